The molecule has 3 nitrogen and oxygen atoms in total. The Labute approximate surface area is 411 Å². The average Bonchev–Trinajstić information content (AvgIpc) is 3.56. The van der Waals surface area contributed by atoms with Crippen molar-refractivity contribution < 1.29 is 102 Å². The largest absolute Gasteiger partial charge is 0.287 e. The van der Waals surface area contributed by atoms with Crippen LogP contribution in [0.3, 0.4) is 0 Å². The van der Waals surface area contributed by atoms with Crippen molar-refractivity contribution in [3.8, 4) is 0 Å². The van der Waals surface area contributed by atoms with Crippen LogP contribution in [0.25, 0.3) is 21.7 Å². The summed E-state index contributed by atoms with van der Waals surface area (Å²) in [6.45, 7) is 0.0972. The minimum atomic E-state index is -7.22. The highest BCUT2D eigenvalue weighted by Gasteiger charge is 2.52. The molecule has 8 aromatic carbocycles. The van der Waals surface area contributed by atoms with Gasteiger partial charge in [-0.15, -0.1) is 21.9 Å². The SMILES string of the molecule is Fc1c(F)c(F)c([B-](c2c(F)c(F)c(F)c(F)c2F)(c2c(F)c(F)c(F)c(F)c2F)c2c(F)c(F)c(F)c(F)c2F)c(F)c1F.O=C(C[n+]1c(C(=O)c2ccc3ccccc3c2)ccc2ccccc21)c1ccccc1. The van der Waals surface area contributed by atoms with Crippen molar-refractivity contribution in [2.24, 2.45) is 0 Å². The van der Waals surface area contributed by atoms with Crippen LogP contribution in [0.15, 0.2) is 109 Å². The molecule has 9 rings (SSSR count). The Morgan fingerprint density at radius 1 is 0.316 bits per heavy atom. The molecular formula is C52H20BF20NO2. The minimum Gasteiger partial charge on any atom is -0.287 e. The summed E-state index contributed by atoms with van der Waals surface area (Å²) >= 11 is 0. The molecule has 0 bridgehead atoms. The van der Waals surface area contributed by atoms with Gasteiger partial charge in [-0.3, -0.25) is 9.59 Å². The Morgan fingerprint density at radius 2 is 0.632 bits per heavy atom. The first-order valence-corrected chi connectivity index (χ1v) is 21.2. The van der Waals surface area contributed by atoms with E-state index in [0.29, 0.717) is 16.8 Å². The van der Waals surface area contributed by atoms with Gasteiger partial charge in [0, 0.05) is 28.6 Å². The first kappa shape index (κ1) is 53.7. The molecule has 0 aliphatic rings. The fourth-order valence-corrected chi connectivity index (χ4v) is 8.84. The van der Waals surface area contributed by atoms with Crippen molar-refractivity contribution in [1.82, 2.24) is 0 Å². The van der Waals surface area contributed by atoms with Crippen LogP contribution >= 0.6 is 0 Å². The van der Waals surface area contributed by atoms with Crippen LogP contribution in [0, 0.1) is 116 Å². The number of fused-ring (bicyclic) bond motifs is 2. The Morgan fingerprint density at radius 3 is 1.03 bits per heavy atom. The van der Waals surface area contributed by atoms with Crippen LogP contribution in [0.1, 0.15) is 26.4 Å². The lowest BCUT2D eigenvalue weighted by Crippen LogP contribution is -2.81. The lowest BCUT2D eigenvalue weighted by atomic mass is 9.12. The summed E-state index contributed by atoms with van der Waals surface area (Å²) in [5, 5.41) is 3.09. The van der Waals surface area contributed by atoms with E-state index in [2.05, 4.69) is 0 Å². The molecule has 0 aliphatic heterocycles. The first-order chi connectivity index (χ1) is 35.9. The predicted molar refractivity (Wildman–Crippen MR) is 232 cm³/mol. The van der Waals surface area contributed by atoms with Crippen molar-refractivity contribution in [1.29, 1.82) is 0 Å². The zero-order chi connectivity index (χ0) is 55.6. The number of para-hydroxylation sites is 1. The molecule has 0 saturated heterocycles. The van der Waals surface area contributed by atoms with Gasteiger partial charge in [-0.2, -0.15) is 4.57 Å². The van der Waals surface area contributed by atoms with E-state index in [-0.39, 0.29) is 18.1 Å². The van der Waals surface area contributed by atoms with Crippen molar-refractivity contribution in [2.75, 3.05) is 0 Å². The molecule has 1 aromatic heterocycles. The number of rotatable bonds is 9. The van der Waals surface area contributed by atoms with Crippen LogP contribution in [0.4, 0.5) is 87.8 Å². The van der Waals surface area contributed by atoms with E-state index < -0.39 is 144 Å². The number of aromatic nitrogens is 1. The van der Waals surface area contributed by atoms with Crippen LogP contribution < -0.4 is 26.4 Å². The highest BCUT2D eigenvalue weighted by atomic mass is 19.2. The van der Waals surface area contributed by atoms with E-state index >= 15 is 35.1 Å². The van der Waals surface area contributed by atoms with Crippen LogP contribution in [-0.2, 0) is 6.54 Å². The van der Waals surface area contributed by atoms with E-state index in [4.69, 9.17) is 0 Å². The summed E-state index contributed by atoms with van der Waals surface area (Å²) in [4.78, 5) is 26.6. The number of benzene rings is 8. The standard InChI is InChI=1S/C28H20NO2.C24BF20/c30-27(22-10-2-1-3-11-22)19-29-25-13-7-6-9-21(25)16-17-26(29)28(31)24-15-14-20-8-4-5-12-23(20)18-24;26-5-1(6(27)14(35)21(42)13(5)34)25(2-7(28)15(36)22(43)16(37)8(2)29,3-9(30)17(38)23(44)18(39)10(3)31)4-11(32)19(40)24(45)20(41)12(4)33/h1-18H,19H2;/q+1;-1. The molecule has 9 aromatic rings. The molecule has 0 radical (unpaired) electrons. The molecule has 0 saturated carbocycles. The van der Waals surface area contributed by atoms with E-state index in [1.807, 2.05) is 102 Å². The molecule has 76 heavy (non-hydrogen) atoms. The van der Waals surface area contributed by atoms with Crippen LogP contribution in [0.2, 0.25) is 0 Å². The third-order valence-electron chi connectivity index (χ3n) is 12.3. The third kappa shape index (κ3) is 8.44. The molecule has 0 amide bonds. The van der Waals surface area contributed by atoms with E-state index in [0.717, 1.165) is 21.7 Å². The van der Waals surface area contributed by atoms with Gasteiger partial charge in [0.1, 0.15) is 52.7 Å². The lowest BCUT2D eigenvalue weighted by molar-refractivity contribution is -0.658. The molecule has 0 atom stereocenters. The summed E-state index contributed by atoms with van der Waals surface area (Å²) in [5.74, 6) is -71.5. The number of hydrogen-bond acceptors (Lipinski definition) is 2. The lowest BCUT2D eigenvalue weighted by Gasteiger charge is -2.44. The average molecular weight is 1080 g/mol. The van der Waals surface area contributed by atoms with E-state index in [9.17, 15) is 62.3 Å². The van der Waals surface area contributed by atoms with Gasteiger partial charge in [0.25, 0.3) is 11.5 Å². The first-order valence-electron chi connectivity index (χ1n) is 21.2. The molecule has 0 spiro atoms. The maximum atomic E-state index is 15.4. The molecule has 0 aliphatic carbocycles. The van der Waals surface area contributed by atoms with Gasteiger partial charge in [0.2, 0.25) is 17.8 Å². The van der Waals surface area contributed by atoms with Gasteiger partial charge < -0.3 is 0 Å². The number of carbonyl (C=O) groups is 2. The second-order valence-corrected chi connectivity index (χ2v) is 16.3. The van der Waals surface area contributed by atoms with Gasteiger partial charge in [-0.1, -0.05) is 78.9 Å². The van der Waals surface area contributed by atoms with Crippen LogP contribution in [0.5, 0.6) is 0 Å². The Kier molecular flexibility index (Phi) is 14.3. The second kappa shape index (κ2) is 20.3. The summed E-state index contributed by atoms with van der Waals surface area (Å²) in [6, 6.07) is 34.5. The highest BCUT2D eigenvalue weighted by Crippen LogP contribution is 2.31. The summed E-state index contributed by atoms with van der Waals surface area (Å²) in [5.41, 5.74) is -11.7. The third-order valence-corrected chi connectivity index (χ3v) is 12.3. The number of halogens is 20. The van der Waals surface area contributed by atoms with Gasteiger partial charge in [0.05, 0.1) is 0 Å². The van der Waals surface area contributed by atoms with Gasteiger partial charge in [-0.05, 0) is 29.0 Å². The van der Waals surface area contributed by atoms with Gasteiger partial charge >= 0.3 is 0 Å². The number of nitrogens with zero attached hydrogens (tertiary/aromatic N) is 1. The summed E-state index contributed by atoms with van der Waals surface area (Å²) in [7, 11) is 0. The molecule has 0 fully saturated rings. The molecule has 1 heterocycles. The van der Waals surface area contributed by atoms with Crippen molar-refractivity contribution >= 4 is 61.2 Å². The van der Waals surface area contributed by atoms with Gasteiger partial charge in [-0.25, -0.2) is 87.8 Å². The monoisotopic (exact) mass is 1080 g/mol. The zero-order valence-electron chi connectivity index (χ0n) is 37.0. The summed E-state index contributed by atoms with van der Waals surface area (Å²) < 4.78 is 296. The Hall–Kier alpha value is -8.57. The zero-order valence-corrected chi connectivity index (χ0v) is 37.0. The topological polar surface area (TPSA) is 38.0 Å². The normalized spacial score (nSPS) is 11.6. The quantitative estimate of drug-likeness (QED) is 0.0361. The molecule has 388 valence electrons. The number of hydrogen-bond donors (Lipinski definition) is 0. The van der Waals surface area contributed by atoms with Gasteiger partial charge in [0.15, 0.2) is 69.8 Å². The summed E-state index contributed by atoms with van der Waals surface area (Å²) in [6.07, 6.45) is -7.22. The second-order valence-electron chi connectivity index (χ2n) is 16.3. The van der Waals surface area contributed by atoms with E-state index in [1.54, 1.807) is 12.1 Å². The number of pyridine rings is 1. The molecular weight excluding hydrogens is 1060 g/mol. The number of ketones is 2. The fourth-order valence-electron chi connectivity index (χ4n) is 8.84. The maximum absolute atomic E-state index is 15.4. The number of Topliss-reactive ketones (excluding diaryl/α,β-unsaturated/α-hetero) is 1. The van der Waals surface area contributed by atoms with Crippen molar-refractivity contribution in [2.45, 2.75) is 6.54 Å². The van der Waals surface area contributed by atoms with Crippen molar-refractivity contribution in [3.63, 3.8) is 0 Å². The molecule has 0 unspecified atom stereocenters. The fraction of sp³-hybridized carbons (Fsp3) is 0.0192. The number of carbonyl (C=O) groups excluding carboxylic acids is 2. The van der Waals surface area contributed by atoms with Crippen LogP contribution in [-0.4, -0.2) is 17.7 Å². The molecule has 24 heteroatoms. The predicted octanol–water partition coefficient (Wildman–Crippen LogP) is 11.2. The minimum absolute atomic E-state index is 0.0329. The Balaban J connectivity index is 0.000000215. The maximum Gasteiger partial charge on any atom is 0.256 e. The highest BCUT2D eigenvalue weighted by molar-refractivity contribution is 7.20. The smallest absolute Gasteiger partial charge is 0.256 e. The van der Waals surface area contributed by atoms with Crippen molar-refractivity contribution in [3.05, 3.63) is 242 Å². The molecule has 0 N–H and O–H groups in total. The van der Waals surface area contributed by atoms with E-state index in [1.165, 1.54) is 0 Å². The Bertz CT molecular complexity index is 3530.